The van der Waals surface area contributed by atoms with Gasteiger partial charge in [0.1, 0.15) is 11.5 Å². The Kier molecular flexibility index (Phi) is 2.40. The minimum Gasteiger partial charge on any atom is -0.326 e. The smallest absolute Gasteiger partial charge is 0.182 e. The van der Waals surface area contributed by atoms with E-state index in [1.54, 1.807) is 6.20 Å². The van der Waals surface area contributed by atoms with Crippen molar-refractivity contribution < 1.29 is 0 Å². The van der Waals surface area contributed by atoms with Crippen LogP contribution in [0.4, 0.5) is 0 Å². The predicted octanol–water partition coefficient (Wildman–Crippen LogP) is 1.44. The van der Waals surface area contributed by atoms with E-state index in [4.69, 9.17) is 5.73 Å². The molecule has 5 heteroatoms. The standard InChI is InChI=1S/C12H15N5/c1-8-15-16-12(17(8)10-3-4-10)11-5-2-9(6-13)7-14-11/h2,5,7,10H,3-4,6,13H2,1H3. The highest BCUT2D eigenvalue weighted by Gasteiger charge is 2.28. The van der Waals surface area contributed by atoms with E-state index in [2.05, 4.69) is 19.7 Å². The van der Waals surface area contributed by atoms with E-state index in [1.807, 2.05) is 19.1 Å². The van der Waals surface area contributed by atoms with Gasteiger partial charge in [-0.15, -0.1) is 10.2 Å². The second-order valence-corrected chi connectivity index (χ2v) is 4.43. The zero-order valence-corrected chi connectivity index (χ0v) is 9.80. The molecule has 0 bridgehead atoms. The molecule has 2 heterocycles. The molecule has 5 nitrogen and oxygen atoms in total. The van der Waals surface area contributed by atoms with Crippen LogP contribution in [0.1, 0.15) is 30.3 Å². The molecule has 1 aliphatic carbocycles. The normalized spacial score (nSPS) is 15.2. The van der Waals surface area contributed by atoms with Gasteiger partial charge in [0, 0.05) is 18.8 Å². The van der Waals surface area contributed by atoms with Crippen molar-refractivity contribution in [1.29, 1.82) is 0 Å². The lowest BCUT2D eigenvalue weighted by atomic mass is 10.2. The molecule has 2 aromatic heterocycles. The number of aryl methyl sites for hydroxylation is 1. The van der Waals surface area contributed by atoms with Crippen molar-refractivity contribution in [1.82, 2.24) is 19.7 Å². The third-order valence-corrected chi connectivity index (χ3v) is 3.07. The fraction of sp³-hybridized carbons (Fsp3) is 0.417. The lowest BCUT2D eigenvalue weighted by Gasteiger charge is -2.06. The molecule has 1 aliphatic rings. The molecule has 1 fully saturated rings. The van der Waals surface area contributed by atoms with E-state index in [0.717, 1.165) is 22.9 Å². The van der Waals surface area contributed by atoms with Crippen LogP contribution in [0.25, 0.3) is 11.5 Å². The third kappa shape index (κ3) is 1.82. The molecule has 0 saturated heterocycles. The Hall–Kier alpha value is -1.75. The molecule has 0 spiro atoms. The lowest BCUT2D eigenvalue weighted by Crippen LogP contribution is -2.02. The summed E-state index contributed by atoms with van der Waals surface area (Å²) in [6.07, 6.45) is 4.23. The van der Waals surface area contributed by atoms with Crippen molar-refractivity contribution in [2.24, 2.45) is 5.73 Å². The summed E-state index contributed by atoms with van der Waals surface area (Å²) in [7, 11) is 0. The second-order valence-electron chi connectivity index (χ2n) is 4.43. The van der Waals surface area contributed by atoms with Gasteiger partial charge in [-0.05, 0) is 31.4 Å². The van der Waals surface area contributed by atoms with E-state index >= 15 is 0 Å². The first kappa shape index (κ1) is 10.4. The van der Waals surface area contributed by atoms with E-state index in [1.165, 1.54) is 12.8 Å². The molecule has 0 unspecified atom stereocenters. The Morgan fingerprint density at radius 3 is 2.76 bits per heavy atom. The summed E-state index contributed by atoms with van der Waals surface area (Å²) in [5, 5.41) is 8.37. The first-order chi connectivity index (χ1) is 8.29. The van der Waals surface area contributed by atoms with E-state index in [-0.39, 0.29) is 0 Å². The van der Waals surface area contributed by atoms with Crippen LogP contribution < -0.4 is 5.73 Å². The summed E-state index contributed by atoms with van der Waals surface area (Å²) >= 11 is 0. The average Bonchev–Trinajstić information content (AvgIpc) is 3.13. The number of pyridine rings is 1. The molecule has 2 N–H and O–H groups in total. The summed E-state index contributed by atoms with van der Waals surface area (Å²) in [5.41, 5.74) is 7.46. The van der Waals surface area contributed by atoms with Crippen LogP contribution in [-0.4, -0.2) is 19.7 Å². The second kappa shape index (κ2) is 3.92. The Morgan fingerprint density at radius 1 is 1.35 bits per heavy atom. The van der Waals surface area contributed by atoms with Crippen LogP contribution in [0, 0.1) is 6.92 Å². The number of nitrogens with two attached hydrogens (primary N) is 1. The first-order valence-corrected chi connectivity index (χ1v) is 5.86. The highest BCUT2D eigenvalue weighted by atomic mass is 15.3. The number of aromatic nitrogens is 4. The lowest BCUT2D eigenvalue weighted by molar-refractivity contribution is 0.715. The largest absolute Gasteiger partial charge is 0.326 e. The van der Waals surface area contributed by atoms with Crippen LogP contribution in [0.5, 0.6) is 0 Å². The van der Waals surface area contributed by atoms with Gasteiger partial charge in [0.2, 0.25) is 0 Å². The van der Waals surface area contributed by atoms with Crippen LogP contribution in [0.2, 0.25) is 0 Å². The highest BCUT2D eigenvalue weighted by Crippen LogP contribution is 2.38. The van der Waals surface area contributed by atoms with Crippen molar-refractivity contribution in [3.63, 3.8) is 0 Å². The van der Waals surface area contributed by atoms with Crippen molar-refractivity contribution in [2.45, 2.75) is 32.4 Å². The molecule has 17 heavy (non-hydrogen) atoms. The summed E-state index contributed by atoms with van der Waals surface area (Å²) in [6.45, 7) is 2.50. The van der Waals surface area contributed by atoms with Gasteiger partial charge in [-0.3, -0.25) is 4.98 Å². The van der Waals surface area contributed by atoms with Crippen molar-refractivity contribution in [2.75, 3.05) is 0 Å². The molecule has 3 rings (SSSR count). The van der Waals surface area contributed by atoms with Gasteiger partial charge in [-0.1, -0.05) is 6.07 Å². The molecule has 2 aromatic rings. The number of hydrogen-bond acceptors (Lipinski definition) is 4. The summed E-state index contributed by atoms with van der Waals surface area (Å²) in [5.74, 6) is 1.83. The topological polar surface area (TPSA) is 69.6 Å². The van der Waals surface area contributed by atoms with Crippen LogP contribution >= 0.6 is 0 Å². The molecule has 0 radical (unpaired) electrons. The van der Waals surface area contributed by atoms with Gasteiger partial charge in [0.25, 0.3) is 0 Å². The van der Waals surface area contributed by atoms with Crippen molar-refractivity contribution in [3.8, 4) is 11.5 Å². The van der Waals surface area contributed by atoms with Crippen LogP contribution in [0.3, 0.4) is 0 Å². The zero-order valence-electron chi connectivity index (χ0n) is 9.80. The Labute approximate surface area is 99.7 Å². The molecule has 0 aliphatic heterocycles. The van der Waals surface area contributed by atoms with Crippen LogP contribution in [-0.2, 0) is 6.54 Å². The number of hydrogen-bond donors (Lipinski definition) is 1. The van der Waals surface area contributed by atoms with Crippen molar-refractivity contribution in [3.05, 3.63) is 29.7 Å². The molecular formula is C12H15N5. The first-order valence-electron chi connectivity index (χ1n) is 5.86. The maximum atomic E-state index is 5.56. The Balaban J connectivity index is 2.02. The van der Waals surface area contributed by atoms with E-state index in [9.17, 15) is 0 Å². The van der Waals surface area contributed by atoms with E-state index in [0.29, 0.717) is 12.6 Å². The maximum Gasteiger partial charge on any atom is 0.182 e. The van der Waals surface area contributed by atoms with Crippen LogP contribution in [0.15, 0.2) is 18.3 Å². The minimum atomic E-state index is 0.515. The fourth-order valence-electron chi connectivity index (χ4n) is 1.99. The maximum absolute atomic E-state index is 5.56. The SMILES string of the molecule is Cc1nnc(-c2ccc(CN)cn2)n1C1CC1. The molecule has 88 valence electrons. The van der Waals surface area contributed by atoms with E-state index < -0.39 is 0 Å². The zero-order chi connectivity index (χ0) is 11.8. The van der Waals surface area contributed by atoms with Gasteiger partial charge in [0.05, 0.1) is 0 Å². The van der Waals surface area contributed by atoms with Gasteiger partial charge in [-0.2, -0.15) is 0 Å². The Bertz CT molecular complexity index is 524. The fourth-order valence-corrected chi connectivity index (χ4v) is 1.99. The number of rotatable bonds is 3. The minimum absolute atomic E-state index is 0.515. The summed E-state index contributed by atoms with van der Waals surface area (Å²) in [4.78, 5) is 4.40. The van der Waals surface area contributed by atoms with Gasteiger partial charge in [-0.25, -0.2) is 0 Å². The summed E-state index contributed by atoms with van der Waals surface area (Å²) < 4.78 is 2.18. The highest BCUT2D eigenvalue weighted by molar-refractivity contribution is 5.50. The average molecular weight is 229 g/mol. The van der Waals surface area contributed by atoms with Gasteiger partial charge >= 0.3 is 0 Å². The molecule has 0 aromatic carbocycles. The molecular weight excluding hydrogens is 214 g/mol. The predicted molar refractivity (Wildman–Crippen MR) is 64.2 cm³/mol. The van der Waals surface area contributed by atoms with Gasteiger partial charge < -0.3 is 10.3 Å². The van der Waals surface area contributed by atoms with Crippen molar-refractivity contribution >= 4 is 0 Å². The molecule has 0 amide bonds. The molecule has 0 atom stereocenters. The molecule has 1 saturated carbocycles. The number of nitrogens with zero attached hydrogens (tertiary/aromatic N) is 4. The quantitative estimate of drug-likeness (QED) is 0.864. The third-order valence-electron chi connectivity index (χ3n) is 3.07. The monoisotopic (exact) mass is 229 g/mol. The van der Waals surface area contributed by atoms with Gasteiger partial charge in [0.15, 0.2) is 5.82 Å². The Morgan fingerprint density at radius 2 is 2.18 bits per heavy atom. The summed E-state index contributed by atoms with van der Waals surface area (Å²) in [6, 6.07) is 4.52.